The minimum Gasteiger partial charge on any atom is -0.132 e. The average molecular weight is 1500 g/mol. The van der Waals surface area contributed by atoms with Gasteiger partial charge in [0.1, 0.15) is 7.85 Å². The summed E-state index contributed by atoms with van der Waals surface area (Å²) in [5.74, 6) is 105. The molecule has 0 amide bonds. The van der Waals surface area contributed by atoms with Crippen LogP contribution in [-0.4, -0.2) is 231 Å². The molecule has 4 atom stereocenters. The van der Waals surface area contributed by atoms with Crippen LogP contribution in [0.5, 0.6) is 0 Å². The van der Waals surface area contributed by atoms with Gasteiger partial charge in [0.15, 0.2) is 0 Å². The average Bonchev–Trinajstić information content (AvgIpc) is 0.676. The number of rotatable bonds is 16. The normalized spacial score (nSPS) is 12.6. The zero-order valence-electron chi connectivity index (χ0n) is 71.2. The van der Waals surface area contributed by atoms with Crippen LogP contribution in [-0.2, 0) is 0 Å². The van der Waals surface area contributed by atoms with Crippen LogP contribution in [0.1, 0.15) is 159 Å². The fraction of sp³-hybridized carbons (Fsp3) is 0.174. The molecule has 0 spiro atoms. The Morgan fingerprint density at radius 1 is 0.339 bits per heavy atom. The summed E-state index contributed by atoms with van der Waals surface area (Å²) in [5.41, 5.74) is 11.7. The van der Waals surface area contributed by atoms with Gasteiger partial charge < -0.3 is 0 Å². The molecular weight excluding hydrogens is 1450 g/mol. The van der Waals surface area contributed by atoms with Gasteiger partial charge in [-0.1, -0.05) is 101 Å². The van der Waals surface area contributed by atoms with Crippen molar-refractivity contribution in [1.29, 1.82) is 0 Å². The predicted octanol–water partition coefficient (Wildman–Crippen LogP) is -0.649. The Labute approximate surface area is 770 Å². The van der Waals surface area contributed by atoms with E-state index in [4.69, 9.17) is 171 Å². The van der Waals surface area contributed by atoms with Crippen molar-refractivity contribution in [2.45, 2.75) is 101 Å². The number of hydrogen-bond acceptors (Lipinski definition) is 0. The topological polar surface area (TPSA) is 0 Å². The van der Waals surface area contributed by atoms with E-state index in [1.165, 1.54) is 21.3 Å². The molecule has 32 heteroatoms. The van der Waals surface area contributed by atoms with E-state index in [0.717, 1.165) is 44.2 Å². The summed E-state index contributed by atoms with van der Waals surface area (Å²) in [6.45, 7) is 16.9. The monoisotopic (exact) mass is 1500 g/mol. The lowest BCUT2D eigenvalue weighted by Crippen LogP contribution is -2.65. The largest absolute Gasteiger partial charge is 0.132 e. The molecule has 0 heterocycles. The van der Waals surface area contributed by atoms with E-state index < -0.39 is 94.3 Å². The highest BCUT2D eigenvalue weighted by atomic mass is 14.4. The lowest BCUT2D eigenvalue weighted by atomic mass is 8.66. The number of hydrogen-bond donors (Lipinski definition) is 0. The molecule has 0 saturated carbocycles. The molecule has 2 aliphatic rings. The maximum Gasteiger partial charge on any atom is 0.113 e. The van der Waals surface area contributed by atoms with Crippen molar-refractivity contribution in [3.8, 4) is 262 Å². The van der Waals surface area contributed by atoms with Crippen LogP contribution >= 0.6 is 0 Å². The van der Waals surface area contributed by atoms with Crippen LogP contribution in [0.3, 0.4) is 0 Å². The fourth-order valence-electron chi connectivity index (χ4n) is 17.3. The fourth-order valence-corrected chi connectivity index (χ4v) is 17.3. The standard InChI is InChI=1S/C92H45B32/c1-18-26-32-36-38-39-42-47-54-71-73-62(16)64(25-8)65(48-24-7)68(49-31-23-6)78(73)79-69(52-43-30-22-5)66(50-44-35-29-21-4)67(51-45-40-34-28-20-3)70(53-46-41-37-33-27-19-2)80(79)81(71)82-74-59(13)56(10)55(9)58(12)72(74)63(17)77-75(82)60(14)57(11)61(15)76(77)83-84-85(86(93)87(111-94)88(83)114(97)98)90(118(123(108)109)124(110)113-96)92(117(121(104)105)122(106)107)91(116(112-95)120(102)103)89(84)115(99)119(100)101/h1-2,4,6,8,57,60,89,91H,3,5,7,9-17H3. The molecule has 6 aromatic rings. The Kier molecular flexibility index (Phi) is 34.8. The highest BCUT2D eigenvalue weighted by Gasteiger charge is 2.52. The number of terminal acetylenes is 5. The summed E-state index contributed by atoms with van der Waals surface area (Å²) < 4.78 is 0. The van der Waals surface area contributed by atoms with E-state index in [1.54, 1.807) is 20.8 Å². The Hall–Kier alpha value is -11.6. The number of allylic oxidation sites excluding steroid dienone is 2. The van der Waals surface area contributed by atoms with Crippen LogP contribution in [0.2, 0.25) is 5.82 Å². The van der Waals surface area contributed by atoms with Gasteiger partial charge in [-0.05, 0) is 318 Å². The van der Waals surface area contributed by atoms with E-state index in [1.807, 2.05) is 13.8 Å². The second kappa shape index (κ2) is 44.1. The molecule has 124 heavy (non-hydrogen) atoms. The first-order valence-electron chi connectivity index (χ1n) is 38.9. The molecule has 6 aromatic carbocycles. The van der Waals surface area contributed by atoms with Crippen molar-refractivity contribution in [2.75, 3.05) is 0 Å². The highest BCUT2D eigenvalue weighted by molar-refractivity contribution is 7.89. The number of fused-ring (bicyclic) bond motifs is 6. The van der Waals surface area contributed by atoms with Crippen LogP contribution in [0, 0.1) is 299 Å². The molecule has 0 bridgehead atoms. The molecular formula is C92H45B32. The molecule has 0 aliphatic heterocycles. The quantitative estimate of drug-likeness (QED) is 0.0689. The zero-order chi connectivity index (χ0) is 91.6. The first-order valence-corrected chi connectivity index (χ1v) is 38.9. The third-order valence-corrected chi connectivity index (χ3v) is 22.9. The van der Waals surface area contributed by atoms with E-state index in [9.17, 15) is 0 Å². The summed E-state index contributed by atoms with van der Waals surface area (Å²) in [6, 6.07) is 0. The summed E-state index contributed by atoms with van der Waals surface area (Å²) >= 11 is 0. The Morgan fingerprint density at radius 3 is 1.23 bits per heavy atom. The van der Waals surface area contributed by atoms with Crippen LogP contribution < -0.4 is 16.4 Å². The maximum atomic E-state index is 7.96. The van der Waals surface area contributed by atoms with Crippen LogP contribution in [0.15, 0.2) is 11.0 Å². The molecule has 509 valence electrons. The smallest absolute Gasteiger partial charge is 0.113 e. The zero-order valence-corrected chi connectivity index (χ0v) is 71.2. The van der Waals surface area contributed by atoms with Crippen molar-refractivity contribution < 1.29 is 0 Å². The summed E-state index contributed by atoms with van der Waals surface area (Å²) in [7, 11) is 133. The van der Waals surface area contributed by atoms with Gasteiger partial charge in [0.2, 0.25) is 0 Å². The minimum absolute atomic E-state index is 0.0349. The molecule has 0 N–H and O–H groups in total. The van der Waals surface area contributed by atoms with E-state index in [0.29, 0.717) is 77.2 Å². The first-order chi connectivity index (χ1) is 59.3. The van der Waals surface area contributed by atoms with E-state index in [-0.39, 0.29) is 66.3 Å². The third-order valence-electron chi connectivity index (χ3n) is 22.9. The predicted molar refractivity (Wildman–Crippen MR) is 563 cm³/mol. The van der Waals surface area contributed by atoms with Gasteiger partial charge in [-0.2, -0.15) is 0 Å². The Balaban J connectivity index is 2.09. The summed E-state index contributed by atoms with van der Waals surface area (Å²) in [5, 5.41) is 2.90. The van der Waals surface area contributed by atoms with Crippen molar-refractivity contribution in [1.82, 2.24) is 0 Å². The van der Waals surface area contributed by atoms with Gasteiger partial charge in [-0.25, -0.2) is 0 Å². The van der Waals surface area contributed by atoms with Crippen molar-refractivity contribution in [2.24, 2.45) is 5.92 Å². The van der Waals surface area contributed by atoms with Crippen molar-refractivity contribution in [3.63, 3.8) is 0 Å². The third kappa shape index (κ3) is 19.1. The second-order valence-electron chi connectivity index (χ2n) is 29.3. The van der Waals surface area contributed by atoms with Crippen LogP contribution in [0.4, 0.5) is 0 Å². The molecule has 2 aliphatic carbocycles. The minimum atomic E-state index is -1.49. The molecule has 0 saturated heterocycles. The van der Waals surface area contributed by atoms with Gasteiger partial charge >= 0.3 is 0 Å². The van der Waals surface area contributed by atoms with Gasteiger partial charge in [-0.15, -0.1) is 54.4 Å². The van der Waals surface area contributed by atoms with Gasteiger partial charge in [0.05, 0.1) is 73.0 Å². The number of benzene rings is 6. The highest BCUT2D eigenvalue weighted by Crippen LogP contribution is 2.60. The molecule has 4 unspecified atom stereocenters. The molecule has 0 fully saturated rings. The second-order valence-corrected chi connectivity index (χ2v) is 29.3. The van der Waals surface area contributed by atoms with Gasteiger partial charge in [0, 0.05) is 222 Å². The first kappa shape index (κ1) is 97.9. The Bertz CT molecular complexity index is 7030. The molecule has 39 radical (unpaired) electrons. The molecule has 0 nitrogen and oxygen atoms in total. The lowest BCUT2D eigenvalue weighted by molar-refractivity contribution is 0.553. The molecule has 0 aromatic heterocycles. The lowest BCUT2D eigenvalue weighted by Gasteiger charge is -2.53. The van der Waals surface area contributed by atoms with Crippen molar-refractivity contribution in [3.05, 3.63) is 117 Å². The Morgan fingerprint density at radius 2 is 0.774 bits per heavy atom. The van der Waals surface area contributed by atoms with Crippen molar-refractivity contribution >= 4 is 291 Å². The maximum absolute atomic E-state index is 7.96. The van der Waals surface area contributed by atoms with Gasteiger partial charge in [-0.3, -0.25) is 0 Å². The molecule has 8 rings (SSSR count). The SMILES string of the molecule is [B][B]B([B])B(B([B])[B])C1=C(B(B([B])[B])B([B])[B])C(B([B][B])B([B])[B])C(B([B])B([B])[B])c2c1c([B])c([B][B])c(B([B])[B])c2C1=C(C)C(C)C(C)c2c1c(C)c1c(C)c(C)c(C)c(C)c1c2-c1c(C#CC#CC#CC#CC#C)c2c(C)c(C#C)c(C#CC)c(C#CC#C)c2c2c(C#CC#CC)c(C#CC#CC#C)c(C#CC#CC#CC)c(C#CC#CC#CC#C)c12. The van der Waals surface area contributed by atoms with Gasteiger partial charge in [0.25, 0.3) is 0 Å². The van der Waals surface area contributed by atoms with E-state index >= 15 is 0 Å². The van der Waals surface area contributed by atoms with Crippen LogP contribution in [0.25, 0.3) is 54.5 Å². The van der Waals surface area contributed by atoms with E-state index in [2.05, 4.69) is 268 Å². The number of aryl methyl sites for hydroxylation is 4. The summed E-state index contributed by atoms with van der Waals surface area (Å²) in [6.07, 6.45) is 21.9. The summed E-state index contributed by atoms with van der Waals surface area (Å²) in [4.78, 5) is 0.